The molecule has 0 aliphatic carbocycles. The first kappa shape index (κ1) is 20.6. The average Bonchev–Trinajstić information content (AvgIpc) is 3.32. The second-order valence-corrected chi connectivity index (χ2v) is 6.60. The van der Waals surface area contributed by atoms with Crippen molar-refractivity contribution < 1.29 is 24.2 Å². The molecule has 9 nitrogen and oxygen atoms in total. The van der Waals surface area contributed by atoms with E-state index in [0.717, 1.165) is 0 Å². The predicted octanol–water partition coefficient (Wildman–Crippen LogP) is 3.59. The Morgan fingerprint density at radius 1 is 1.00 bits per heavy atom. The SMILES string of the molecule is COc1ccccc1-c1nnc(-c2ccc(C(=O)N/N=C/c3cccc(O)c3O)cc2)o1. The number of aromatic hydroxyl groups is 2. The van der Waals surface area contributed by atoms with Gasteiger partial charge in [-0.25, -0.2) is 5.43 Å². The molecular formula is C23H18N4O5. The summed E-state index contributed by atoms with van der Waals surface area (Å²) < 4.78 is 11.1. The molecule has 0 saturated carbocycles. The Hall–Kier alpha value is -4.66. The zero-order chi connectivity index (χ0) is 22.5. The van der Waals surface area contributed by atoms with Crippen molar-refractivity contribution in [2.45, 2.75) is 0 Å². The highest BCUT2D eigenvalue weighted by Gasteiger charge is 2.14. The second-order valence-electron chi connectivity index (χ2n) is 6.60. The molecule has 0 aliphatic heterocycles. The highest BCUT2D eigenvalue weighted by atomic mass is 16.5. The topological polar surface area (TPSA) is 130 Å². The summed E-state index contributed by atoms with van der Waals surface area (Å²) in [6, 6.07) is 18.3. The van der Waals surface area contributed by atoms with Crippen molar-refractivity contribution in [2.75, 3.05) is 7.11 Å². The van der Waals surface area contributed by atoms with Crippen molar-refractivity contribution in [3.63, 3.8) is 0 Å². The number of carbonyl (C=O) groups is 1. The Kier molecular flexibility index (Phi) is 5.80. The van der Waals surface area contributed by atoms with Crippen LogP contribution in [0.1, 0.15) is 15.9 Å². The Labute approximate surface area is 182 Å². The summed E-state index contributed by atoms with van der Waals surface area (Å²) in [5.74, 6) is 0.203. The van der Waals surface area contributed by atoms with E-state index in [9.17, 15) is 15.0 Å². The van der Waals surface area contributed by atoms with Crippen LogP contribution in [0.3, 0.4) is 0 Å². The number of para-hydroxylation sites is 2. The number of nitrogens with zero attached hydrogens (tertiary/aromatic N) is 3. The van der Waals surface area contributed by atoms with Crippen molar-refractivity contribution >= 4 is 12.1 Å². The summed E-state index contributed by atoms with van der Waals surface area (Å²) in [5.41, 5.74) is 4.31. The van der Waals surface area contributed by atoms with E-state index in [4.69, 9.17) is 9.15 Å². The molecule has 3 N–H and O–H groups in total. The fourth-order valence-electron chi connectivity index (χ4n) is 2.91. The number of ether oxygens (including phenoxy) is 1. The summed E-state index contributed by atoms with van der Waals surface area (Å²) in [6.07, 6.45) is 1.24. The summed E-state index contributed by atoms with van der Waals surface area (Å²) >= 11 is 0. The fourth-order valence-corrected chi connectivity index (χ4v) is 2.91. The molecule has 0 atom stereocenters. The van der Waals surface area contributed by atoms with Crippen LogP contribution in [0.25, 0.3) is 22.9 Å². The first-order valence-corrected chi connectivity index (χ1v) is 9.48. The van der Waals surface area contributed by atoms with Gasteiger partial charge in [0.2, 0.25) is 5.89 Å². The van der Waals surface area contributed by atoms with Gasteiger partial charge in [0.05, 0.1) is 18.9 Å². The normalized spacial score (nSPS) is 10.9. The lowest BCUT2D eigenvalue weighted by atomic mass is 10.1. The van der Waals surface area contributed by atoms with Crippen LogP contribution in [0.2, 0.25) is 0 Å². The Morgan fingerprint density at radius 2 is 1.75 bits per heavy atom. The van der Waals surface area contributed by atoms with E-state index in [2.05, 4.69) is 20.7 Å². The third-order valence-corrected chi connectivity index (χ3v) is 4.57. The molecule has 0 fully saturated rings. The van der Waals surface area contributed by atoms with Gasteiger partial charge in [-0.05, 0) is 48.5 Å². The van der Waals surface area contributed by atoms with E-state index in [1.165, 1.54) is 12.3 Å². The number of amides is 1. The van der Waals surface area contributed by atoms with Crippen LogP contribution in [0.15, 0.2) is 76.2 Å². The standard InChI is InChI=1S/C23H18N4O5/c1-31-19-8-3-2-6-17(19)23-27-26-22(32-23)15-11-9-14(10-12-15)21(30)25-24-13-16-5-4-7-18(28)20(16)29/h2-13,28-29H,1H3,(H,25,30)/b24-13+. The summed E-state index contributed by atoms with van der Waals surface area (Å²) in [6.45, 7) is 0. The minimum atomic E-state index is -0.451. The molecule has 160 valence electrons. The zero-order valence-electron chi connectivity index (χ0n) is 16.9. The Balaban J connectivity index is 1.45. The van der Waals surface area contributed by atoms with Crippen molar-refractivity contribution in [3.05, 3.63) is 77.9 Å². The lowest BCUT2D eigenvalue weighted by molar-refractivity contribution is 0.0955. The summed E-state index contributed by atoms with van der Waals surface area (Å²) in [4.78, 5) is 12.3. The number of nitrogens with one attached hydrogen (secondary N) is 1. The van der Waals surface area contributed by atoms with Crippen LogP contribution < -0.4 is 10.2 Å². The fraction of sp³-hybridized carbons (Fsp3) is 0.0435. The number of methoxy groups -OCH3 is 1. The van der Waals surface area contributed by atoms with Crippen LogP contribution in [-0.4, -0.2) is 39.6 Å². The van der Waals surface area contributed by atoms with Crippen molar-refractivity contribution in [1.29, 1.82) is 0 Å². The molecule has 32 heavy (non-hydrogen) atoms. The van der Waals surface area contributed by atoms with E-state index in [1.54, 1.807) is 49.6 Å². The number of phenolic OH excluding ortho intramolecular Hbond substituents is 2. The number of phenols is 2. The van der Waals surface area contributed by atoms with Gasteiger partial charge in [0.15, 0.2) is 11.5 Å². The van der Waals surface area contributed by atoms with Crippen molar-refractivity contribution in [1.82, 2.24) is 15.6 Å². The number of benzene rings is 3. The molecule has 1 amide bonds. The zero-order valence-corrected chi connectivity index (χ0v) is 16.9. The summed E-state index contributed by atoms with van der Waals surface area (Å²) in [7, 11) is 1.57. The molecule has 3 aromatic carbocycles. The molecular weight excluding hydrogens is 412 g/mol. The first-order valence-electron chi connectivity index (χ1n) is 9.48. The third kappa shape index (κ3) is 4.26. The molecule has 0 unspecified atom stereocenters. The molecule has 0 saturated heterocycles. The lowest BCUT2D eigenvalue weighted by Crippen LogP contribution is -2.17. The van der Waals surface area contributed by atoms with Crippen molar-refractivity contribution in [3.8, 4) is 40.2 Å². The van der Waals surface area contributed by atoms with Gasteiger partial charge in [0.25, 0.3) is 11.8 Å². The number of carbonyl (C=O) groups excluding carboxylic acids is 1. The van der Waals surface area contributed by atoms with Gasteiger partial charge in [-0.1, -0.05) is 18.2 Å². The number of aromatic nitrogens is 2. The van der Waals surface area contributed by atoms with Gasteiger partial charge in [0.1, 0.15) is 5.75 Å². The monoisotopic (exact) mass is 430 g/mol. The van der Waals surface area contributed by atoms with Crippen LogP contribution >= 0.6 is 0 Å². The first-order chi connectivity index (χ1) is 15.6. The maximum atomic E-state index is 12.3. The Bertz CT molecular complexity index is 1280. The smallest absolute Gasteiger partial charge is 0.271 e. The van der Waals surface area contributed by atoms with Gasteiger partial charge in [-0.2, -0.15) is 5.10 Å². The molecule has 0 bridgehead atoms. The molecule has 9 heteroatoms. The molecule has 0 spiro atoms. The van der Waals surface area contributed by atoms with Gasteiger partial charge in [0, 0.05) is 16.7 Å². The lowest BCUT2D eigenvalue weighted by Gasteiger charge is -2.03. The van der Waals surface area contributed by atoms with Crippen LogP contribution in [-0.2, 0) is 0 Å². The van der Waals surface area contributed by atoms with Crippen LogP contribution in [0.4, 0.5) is 0 Å². The highest BCUT2D eigenvalue weighted by molar-refractivity contribution is 5.95. The van der Waals surface area contributed by atoms with E-state index >= 15 is 0 Å². The van der Waals surface area contributed by atoms with E-state index in [0.29, 0.717) is 34.2 Å². The maximum Gasteiger partial charge on any atom is 0.271 e. The quantitative estimate of drug-likeness (QED) is 0.242. The van der Waals surface area contributed by atoms with E-state index in [-0.39, 0.29) is 17.1 Å². The maximum absolute atomic E-state index is 12.3. The van der Waals surface area contributed by atoms with Gasteiger partial charge in [-0.3, -0.25) is 4.79 Å². The number of hydrogen-bond donors (Lipinski definition) is 3. The van der Waals surface area contributed by atoms with Crippen LogP contribution in [0.5, 0.6) is 17.2 Å². The number of hydrogen-bond acceptors (Lipinski definition) is 8. The average molecular weight is 430 g/mol. The molecule has 1 aromatic heterocycles. The summed E-state index contributed by atoms with van der Waals surface area (Å²) in [5, 5.41) is 31.2. The number of rotatable bonds is 6. The largest absolute Gasteiger partial charge is 0.504 e. The van der Waals surface area contributed by atoms with Crippen LogP contribution in [0, 0.1) is 0 Å². The van der Waals surface area contributed by atoms with Gasteiger partial charge in [-0.15, -0.1) is 10.2 Å². The highest BCUT2D eigenvalue weighted by Crippen LogP contribution is 2.30. The molecule has 0 aliphatic rings. The molecule has 4 rings (SSSR count). The molecule has 4 aromatic rings. The predicted molar refractivity (Wildman–Crippen MR) is 117 cm³/mol. The molecule has 0 radical (unpaired) electrons. The van der Waals surface area contributed by atoms with Gasteiger partial charge >= 0.3 is 0 Å². The minimum Gasteiger partial charge on any atom is -0.504 e. The Morgan fingerprint density at radius 3 is 2.53 bits per heavy atom. The third-order valence-electron chi connectivity index (χ3n) is 4.57. The van der Waals surface area contributed by atoms with Gasteiger partial charge < -0.3 is 19.4 Å². The molecule has 1 heterocycles. The second kappa shape index (κ2) is 9.00. The van der Waals surface area contributed by atoms with E-state index < -0.39 is 5.91 Å². The minimum absolute atomic E-state index is 0.267. The van der Waals surface area contributed by atoms with Crippen molar-refractivity contribution in [2.24, 2.45) is 5.10 Å². The number of hydrazone groups is 1. The van der Waals surface area contributed by atoms with E-state index in [1.807, 2.05) is 18.2 Å².